The van der Waals surface area contributed by atoms with Crippen molar-refractivity contribution >= 4 is 11.6 Å². The van der Waals surface area contributed by atoms with E-state index in [0.29, 0.717) is 5.92 Å². The molecule has 1 aliphatic carbocycles. The Morgan fingerprint density at radius 1 is 1.13 bits per heavy atom. The van der Waals surface area contributed by atoms with E-state index in [1.807, 2.05) is 6.92 Å². The summed E-state index contributed by atoms with van der Waals surface area (Å²) in [7, 11) is 0. The van der Waals surface area contributed by atoms with Gasteiger partial charge in [0.05, 0.1) is 23.8 Å². The summed E-state index contributed by atoms with van der Waals surface area (Å²) < 4.78 is 0. The van der Waals surface area contributed by atoms with Gasteiger partial charge >= 0.3 is 0 Å². The molecule has 0 unspecified atom stereocenters. The third-order valence-electron chi connectivity index (χ3n) is 4.69. The number of aromatic nitrogens is 4. The second-order valence-electron chi connectivity index (χ2n) is 6.58. The van der Waals surface area contributed by atoms with E-state index in [-0.39, 0.29) is 0 Å². The van der Waals surface area contributed by atoms with Crippen molar-refractivity contribution in [2.45, 2.75) is 32.6 Å². The molecular formula is C17H22N6. The summed E-state index contributed by atoms with van der Waals surface area (Å²) in [5.74, 6) is 2.51. The maximum Gasteiger partial charge on any atom is 0.151 e. The van der Waals surface area contributed by atoms with Gasteiger partial charge in [-0.15, -0.1) is 5.10 Å². The molecule has 2 aromatic rings. The summed E-state index contributed by atoms with van der Waals surface area (Å²) in [6.45, 7) is 4.92. The van der Waals surface area contributed by atoms with Crippen molar-refractivity contribution < 1.29 is 0 Å². The standard InChI is InChI=1S/C17H22N6/c1-12-7-19-16(9-18-12)20-8-13-10-23(11-13)17-6-14-4-2-3-5-15(14)21-22-17/h6-7,9,13H,2-5,8,10-11H2,1H3,(H,19,20). The predicted molar refractivity (Wildman–Crippen MR) is 89.6 cm³/mol. The molecule has 1 saturated heterocycles. The van der Waals surface area contributed by atoms with Crippen molar-refractivity contribution in [3.8, 4) is 0 Å². The van der Waals surface area contributed by atoms with Crippen LogP contribution in [0.4, 0.5) is 11.6 Å². The summed E-state index contributed by atoms with van der Waals surface area (Å²) in [4.78, 5) is 10.9. The van der Waals surface area contributed by atoms with Crippen LogP contribution in [0.2, 0.25) is 0 Å². The first-order valence-corrected chi connectivity index (χ1v) is 8.41. The van der Waals surface area contributed by atoms with Crippen molar-refractivity contribution in [3.05, 3.63) is 35.4 Å². The van der Waals surface area contributed by atoms with Gasteiger partial charge in [-0.1, -0.05) is 0 Å². The Morgan fingerprint density at radius 2 is 2.00 bits per heavy atom. The Labute approximate surface area is 136 Å². The first-order valence-electron chi connectivity index (χ1n) is 8.41. The van der Waals surface area contributed by atoms with Gasteiger partial charge < -0.3 is 10.2 Å². The van der Waals surface area contributed by atoms with Gasteiger partial charge in [-0.2, -0.15) is 5.10 Å². The van der Waals surface area contributed by atoms with Crippen LogP contribution in [0.5, 0.6) is 0 Å². The number of anilines is 2. The highest BCUT2D eigenvalue weighted by molar-refractivity contribution is 5.45. The third-order valence-corrected chi connectivity index (χ3v) is 4.69. The topological polar surface area (TPSA) is 66.8 Å². The lowest BCUT2D eigenvalue weighted by Crippen LogP contribution is -2.50. The lowest BCUT2D eigenvalue weighted by molar-refractivity contribution is 0.424. The van der Waals surface area contributed by atoms with Gasteiger partial charge in [0.25, 0.3) is 0 Å². The second-order valence-corrected chi connectivity index (χ2v) is 6.58. The smallest absolute Gasteiger partial charge is 0.151 e. The number of nitrogens with one attached hydrogen (secondary N) is 1. The molecule has 2 aliphatic rings. The van der Waals surface area contributed by atoms with Crippen molar-refractivity contribution in [2.24, 2.45) is 5.92 Å². The van der Waals surface area contributed by atoms with Crippen LogP contribution in [-0.2, 0) is 12.8 Å². The molecule has 0 saturated carbocycles. The minimum atomic E-state index is 0.621. The van der Waals surface area contributed by atoms with Crippen LogP contribution in [0.15, 0.2) is 18.5 Å². The van der Waals surface area contributed by atoms with Crippen molar-refractivity contribution in [1.82, 2.24) is 20.2 Å². The number of fused-ring (bicyclic) bond motifs is 1. The van der Waals surface area contributed by atoms with Gasteiger partial charge in [0.2, 0.25) is 0 Å². The van der Waals surface area contributed by atoms with E-state index in [1.54, 1.807) is 12.4 Å². The zero-order chi connectivity index (χ0) is 15.6. The predicted octanol–water partition coefficient (Wildman–Crippen LogP) is 2.00. The van der Waals surface area contributed by atoms with E-state index in [9.17, 15) is 0 Å². The van der Waals surface area contributed by atoms with E-state index in [4.69, 9.17) is 0 Å². The van der Waals surface area contributed by atoms with E-state index in [0.717, 1.165) is 49.8 Å². The summed E-state index contributed by atoms with van der Waals surface area (Å²) in [6.07, 6.45) is 8.36. The minimum Gasteiger partial charge on any atom is -0.368 e. The van der Waals surface area contributed by atoms with E-state index >= 15 is 0 Å². The second kappa shape index (κ2) is 6.10. The highest BCUT2D eigenvalue weighted by Gasteiger charge is 2.28. The minimum absolute atomic E-state index is 0.621. The summed E-state index contributed by atoms with van der Waals surface area (Å²) in [5, 5.41) is 12.2. The number of hydrogen-bond donors (Lipinski definition) is 1. The fourth-order valence-corrected chi connectivity index (χ4v) is 3.25. The molecule has 23 heavy (non-hydrogen) atoms. The van der Waals surface area contributed by atoms with E-state index in [2.05, 4.69) is 36.4 Å². The Morgan fingerprint density at radius 3 is 2.83 bits per heavy atom. The lowest BCUT2D eigenvalue weighted by Gasteiger charge is -2.40. The third kappa shape index (κ3) is 3.11. The molecule has 6 heteroatoms. The van der Waals surface area contributed by atoms with Crippen LogP contribution in [0.25, 0.3) is 0 Å². The Hall–Kier alpha value is -2.24. The van der Waals surface area contributed by atoms with Gasteiger partial charge in [0.15, 0.2) is 5.82 Å². The SMILES string of the molecule is Cc1cnc(NCC2CN(c3cc4c(nn3)CCCC4)C2)cn1. The number of hydrogen-bond acceptors (Lipinski definition) is 6. The highest BCUT2D eigenvalue weighted by atomic mass is 15.3. The summed E-state index contributed by atoms with van der Waals surface area (Å²) >= 11 is 0. The van der Waals surface area contributed by atoms with Crippen LogP contribution in [-0.4, -0.2) is 39.8 Å². The quantitative estimate of drug-likeness (QED) is 0.932. The molecule has 2 aromatic heterocycles. The van der Waals surface area contributed by atoms with Crippen LogP contribution >= 0.6 is 0 Å². The molecule has 0 amide bonds. The monoisotopic (exact) mass is 310 g/mol. The normalized spacial score (nSPS) is 17.5. The van der Waals surface area contributed by atoms with Crippen LogP contribution < -0.4 is 10.2 Å². The number of rotatable bonds is 4. The molecule has 1 fully saturated rings. The van der Waals surface area contributed by atoms with Gasteiger partial charge in [0, 0.05) is 25.6 Å². The van der Waals surface area contributed by atoms with Gasteiger partial charge in [-0.25, -0.2) is 4.98 Å². The maximum absolute atomic E-state index is 4.42. The highest BCUT2D eigenvalue weighted by Crippen LogP contribution is 2.26. The van der Waals surface area contributed by atoms with Crippen LogP contribution in [0, 0.1) is 12.8 Å². The lowest BCUT2D eigenvalue weighted by atomic mass is 9.95. The molecule has 120 valence electrons. The molecule has 0 radical (unpaired) electrons. The van der Waals surface area contributed by atoms with Crippen LogP contribution in [0.1, 0.15) is 29.8 Å². The summed E-state index contributed by atoms with van der Waals surface area (Å²) in [6, 6.07) is 2.25. The van der Waals surface area contributed by atoms with Crippen molar-refractivity contribution in [2.75, 3.05) is 29.9 Å². The average molecular weight is 310 g/mol. The van der Waals surface area contributed by atoms with Crippen LogP contribution in [0.3, 0.4) is 0 Å². The molecule has 0 spiro atoms. The number of aryl methyl sites for hydroxylation is 3. The van der Waals surface area contributed by atoms with E-state index in [1.165, 1.54) is 24.1 Å². The molecule has 4 rings (SSSR count). The van der Waals surface area contributed by atoms with Crippen molar-refractivity contribution in [1.29, 1.82) is 0 Å². The molecule has 1 N–H and O–H groups in total. The molecule has 0 bridgehead atoms. The zero-order valence-corrected chi connectivity index (χ0v) is 13.5. The molecular weight excluding hydrogens is 288 g/mol. The van der Waals surface area contributed by atoms with Gasteiger partial charge in [0.1, 0.15) is 5.82 Å². The largest absolute Gasteiger partial charge is 0.368 e. The molecule has 0 aromatic carbocycles. The Bertz CT molecular complexity index is 678. The van der Waals surface area contributed by atoms with Gasteiger partial charge in [-0.3, -0.25) is 4.98 Å². The molecule has 0 atom stereocenters. The zero-order valence-electron chi connectivity index (χ0n) is 13.5. The fourth-order valence-electron chi connectivity index (χ4n) is 3.25. The number of nitrogens with zero attached hydrogens (tertiary/aromatic N) is 5. The molecule has 1 aliphatic heterocycles. The fraction of sp³-hybridized carbons (Fsp3) is 0.529. The summed E-state index contributed by atoms with van der Waals surface area (Å²) in [5.41, 5.74) is 3.55. The Balaban J connectivity index is 1.30. The van der Waals surface area contributed by atoms with Crippen molar-refractivity contribution in [3.63, 3.8) is 0 Å². The first-order chi connectivity index (χ1) is 11.3. The first kappa shape index (κ1) is 14.4. The Kier molecular flexibility index (Phi) is 3.81. The molecule has 6 nitrogen and oxygen atoms in total. The maximum atomic E-state index is 4.42. The van der Waals surface area contributed by atoms with Gasteiger partial charge in [-0.05, 0) is 44.2 Å². The molecule has 3 heterocycles. The average Bonchev–Trinajstić information content (AvgIpc) is 2.55. The van der Waals surface area contributed by atoms with E-state index < -0.39 is 0 Å².